The topological polar surface area (TPSA) is 55.6 Å². The molecule has 1 saturated heterocycles. The minimum atomic E-state index is -0.403. The largest absolute Gasteiger partial charge is 0.494 e. The lowest BCUT2D eigenvalue weighted by Crippen LogP contribution is -2.23. The Labute approximate surface area is 119 Å². The highest BCUT2D eigenvalue weighted by atomic mass is 16.5. The van der Waals surface area contributed by atoms with Crippen LogP contribution in [0.15, 0.2) is 24.3 Å². The summed E-state index contributed by atoms with van der Waals surface area (Å²) >= 11 is 0. The molecule has 20 heavy (non-hydrogen) atoms. The summed E-state index contributed by atoms with van der Waals surface area (Å²) in [5.41, 5.74) is 5.72. The maximum absolute atomic E-state index is 11.0. The maximum Gasteiger partial charge on any atom is 0.248 e. The van der Waals surface area contributed by atoms with Gasteiger partial charge in [0.15, 0.2) is 0 Å². The molecular formula is C16H22N2O2. The molecular weight excluding hydrogens is 252 g/mol. The van der Waals surface area contributed by atoms with Crippen molar-refractivity contribution in [1.29, 1.82) is 0 Å². The maximum atomic E-state index is 11.0. The normalized spacial score (nSPS) is 25.0. The van der Waals surface area contributed by atoms with Crippen LogP contribution in [-0.2, 0) is 0 Å². The monoisotopic (exact) mass is 274 g/mol. The molecule has 0 radical (unpaired) electrons. The Morgan fingerprint density at radius 1 is 1.20 bits per heavy atom. The summed E-state index contributed by atoms with van der Waals surface area (Å²) in [5, 5.41) is 0. The van der Waals surface area contributed by atoms with Gasteiger partial charge in [0.05, 0.1) is 6.61 Å². The second-order valence-corrected chi connectivity index (χ2v) is 5.95. The first-order chi connectivity index (χ1) is 9.72. The molecule has 0 bridgehead atoms. The Morgan fingerprint density at radius 3 is 2.40 bits per heavy atom. The molecule has 0 unspecified atom stereocenters. The van der Waals surface area contributed by atoms with Gasteiger partial charge >= 0.3 is 0 Å². The van der Waals surface area contributed by atoms with Gasteiger partial charge in [-0.1, -0.05) is 0 Å². The molecule has 1 aromatic carbocycles. The smallest absolute Gasteiger partial charge is 0.248 e. The molecule has 1 aromatic rings. The lowest BCUT2D eigenvalue weighted by atomic mass is 9.77. The highest BCUT2D eigenvalue weighted by molar-refractivity contribution is 5.92. The molecule has 2 fully saturated rings. The summed E-state index contributed by atoms with van der Waals surface area (Å²) < 4.78 is 5.69. The first kappa shape index (κ1) is 13.4. The molecule has 2 N–H and O–H groups in total. The van der Waals surface area contributed by atoms with Gasteiger partial charge in [-0.05, 0) is 55.4 Å². The fourth-order valence-electron chi connectivity index (χ4n) is 3.23. The van der Waals surface area contributed by atoms with Gasteiger partial charge in [-0.15, -0.1) is 0 Å². The van der Waals surface area contributed by atoms with E-state index in [-0.39, 0.29) is 0 Å². The predicted octanol–water partition coefficient (Wildman–Crippen LogP) is 1.90. The quantitative estimate of drug-likeness (QED) is 0.806. The minimum absolute atomic E-state index is 0.403. The predicted molar refractivity (Wildman–Crippen MR) is 77.7 cm³/mol. The van der Waals surface area contributed by atoms with E-state index in [1.807, 2.05) is 0 Å². The Kier molecular flexibility index (Phi) is 3.92. The third kappa shape index (κ3) is 2.96. The molecule has 1 amide bonds. The van der Waals surface area contributed by atoms with Crippen LogP contribution < -0.4 is 10.5 Å². The van der Waals surface area contributed by atoms with Crippen molar-refractivity contribution in [2.24, 2.45) is 17.6 Å². The molecule has 4 heteroatoms. The number of nitrogens with two attached hydrogens (primary N) is 1. The third-order valence-corrected chi connectivity index (χ3v) is 4.59. The van der Waals surface area contributed by atoms with Crippen LogP contribution in [-0.4, -0.2) is 37.0 Å². The van der Waals surface area contributed by atoms with Crippen LogP contribution in [0, 0.1) is 11.8 Å². The summed E-state index contributed by atoms with van der Waals surface area (Å²) in [5.74, 6) is 2.37. The van der Waals surface area contributed by atoms with Gasteiger partial charge in [-0.25, -0.2) is 0 Å². The van der Waals surface area contributed by atoms with Crippen molar-refractivity contribution in [3.05, 3.63) is 29.8 Å². The van der Waals surface area contributed by atoms with Crippen LogP contribution >= 0.6 is 0 Å². The second-order valence-electron chi connectivity index (χ2n) is 5.95. The van der Waals surface area contributed by atoms with Gasteiger partial charge in [0.25, 0.3) is 0 Å². The summed E-state index contributed by atoms with van der Waals surface area (Å²) in [6, 6.07) is 7.01. The van der Waals surface area contributed by atoms with E-state index in [0.29, 0.717) is 5.56 Å². The lowest BCUT2D eigenvalue weighted by molar-refractivity contribution is 0.100. The number of nitrogens with zero attached hydrogens (tertiary/aromatic N) is 1. The highest BCUT2D eigenvalue weighted by Gasteiger charge is 2.38. The van der Waals surface area contributed by atoms with E-state index in [4.69, 9.17) is 10.5 Å². The molecule has 0 aromatic heterocycles. The van der Waals surface area contributed by atoms with Crippen LogP contribution in [0.4, 0.5) is 0 Å². The number of amides is 1. The molecule has 108 valence electrons. The Morgan fingerprint density at radius 2 is 1.85 bits per heavy atom. The van der Waals surface area contributed by atoms with E-state index < -0.39 is 5.91 Å². The van der Waals surface area contributed by atoms with Crippen molar-refractivity contribution >= 4 is 5.91 Å². The summed E-state index contributed by atoms with van der Waals surface area (Å²) in [6.07, 6.45) is 3.92. The van der Waals surface area contributed by atoms with E-state index in [0.717, 1.165) is 37.2 Å². The van der Waals surface area contributed by atoms with Crippen molar-refractivity contribution < 1.29 is 9.53 Å². The molecule has 3 rings (SSSR count). The highest BCUT2D eigenvalue weighted by Crippen LogP contribution is 2.40. The van der Waals surface area contributed by atoms with E-state index in [1.165, 1.54) is 25.9 Å². The molecule has 2 atom stereocenters. The Balaban J connectivity index is 1.36. The zero-order valence-electron chi connectivity index (χ0n) is 11.8. The fraction of sp³-hybridized carbons (Fsp3) is 0.562. The minimum Gasteiger partial charge on any atom is -0.494 e. The van der Waals surface area contributed by atoms with Gasteiger partial charge in [0, 0.05) is 25.2 Å². The van der Waals surface area contributed by atoms with Crippen molar-refractivity contribution in [1.82, 2.24) is 4.90 Å². The number of benzene rings is 1. The van der Waals surface area contributed by atoms with Gasteiger partial charge < -0.3 is 15.4 Å². The van der Waals surface area contributed by atoms with Crippen LogP contribution in [0.3, 0.4) is 0 Å². The number of primary amides is 1. The van der Waals surface area contributed by atoms with E-state index in [9.17, 15) is 4.79 Å². The van der Waals surface area contributed by atoms with E-state index in [2.05, 4.69) is 4.90 Å². The van der Waals surface area contributed by atoms with Gasteiger partial charge in [-0.3, -0.25) is 4.79 Å². The van der Waals surface area contributed by atoms with Gasteiger partial charge in [0.1, 0.15) is 5.75 Å². The Bertz CT molecular complexity index is 460. The van der Waals surface area contributed by atoms with Crippen molar-refractivity contribution in [2.75, 3.05) is 26.2 Å². The van der Waals surface area contributed by atoms with Crippen LogP contribution in [0.25, 0.3) is 0 Å². The van der Waals surface area contributed by atoms with Crippen molar-refractivity contribution in [3.63, 3.8) is 0 Å². The standard InChI is InChI=1S/C16H22N2O2/c17-16(19)12-4-6-15(7-5-12)20-9-1-8-18-10-13-2-3-14(13)11-18/h4-7,13-14H,1-3,8-11H2,(H2,17,19)/t13-,14+. The van der Waals surface area contributed by atoms with Crippen molar-refractivity contribution in [2.45, 2.75) is 19.3 Å². The first-order valence-corrected chi connectivity index (χ1v) is 7.47. The van der Waals surface area contributed by atoms with Gasteiger partial charge in [0.2, 0.25) is 5.91 Å². The molecule has 1 saturated carbocycles. The van der Waals surface area contributed by atoms with Gasteiger partial charge in [-0.2, -0.15) is 0 Å². The molecule has 0 spiro atoms. The first-order valence-electron chi connectivity index (χ1n) is 7.47. The van der Waals surface area contributed by atoms with Crippen LogP contribution in [0.1, 0.15) is 29.6 Å². The summed E-state index contributed by atoms with van der Waals surface area (Å²) in [7, 11) is 0. The van der Waals surface area contributed by atoms with E-state index in [1.54, 1.807) is 24.3 Å². The van der Waals surface area contributed by atoms with Crippen LogP contribution in [0.5, 0.6) is 5.75 Å². The van der Waals surface area contributed by atoms with Crippen LogP contribution in [0.2, 0.25) is 0 Å². The number of hydrogen-bond donors (Lipinski definition) is 1. The molecule has 2 aliphatic rings. The van der Waals surface area contributed by atoms with E-state index >= 15 is 0 Å². The zero-order chi connectivity index (χ0) is 13.9. The second kappa shape index (κ2) is 5.83. The third-order valence-electron chi connectivity index (χ3n) is 4.59. The average molecular weight is 274 g/mol. The molecule has 1 aliphatic heterocycles. The number of hydrogen-bond acceptors (Lipinski definition) is 3. The summed E-state index contributed by atoms with van der Waals surface area (Å²) in [4.78, 5) is 13.5. The fourth-order valence-corrected chi connectivity index (χ4v) is 3.23. The number of carbonyl (C=O) groups excluding carboxylic acids is 1. The zero-order valence-corrected chi connectivity index (χ0v) is 11.8. The summed E-state index contributed by atoms with van der Waals surface area (Å²) in [6.45, 7) is 4.43. The number of rotatable bonds is 6. The number of ether oxygens (including phenoxy) is 1. The lowest BCUT2D eigenvalue weighted by Gasteiger charge is -2.28. The number of fused-ring (bicyclic) bond motifs is 1. The molecule has 1 heterocycles. The Hall–Kier alpha value is -1.55. The van der Waals surface area contributed by atoms with Crippen molar-refractivity contribution in [3.8, 4) is 5.75 Å². The number of carbonyl (C=O) groups is 1. The average Bonchev–Trinajstić information content (AvgIpc) is 2.71. The number of likely N-dealkylation sites (tertiary alicyclic amines) is 1. The molecule has 1 aliphatic carbocycles. The molecule has 4 nitrogen and oxygen atoms in total. The SMILES string of the molecule is NC(=O)c1ccc(OCCCN2C[C@H]3CC[C@H]3C2)cc1.